The van der Waals surface area contributed by atoms with Crippen molar-refractivity contribution in [2.75, 3.05) is 6.54 Å². The van der Waals surface area contributed by atoms with Crippen LogP contribution in [0.25, 0.3) is 0 Å². The van der Waals surface area contributed by atoms with E-state index in [-0.39, 0.29) is 11.4 Å². The van der Waals surface area contributed by atoms with E-state index in [1.54, 1.807) is 54.6 Å². The summed E-state index contributed by atoms with van der Waals surface area (Å²) in [5.74, 6) is -0.172. The molecule has 3 aromatic rings. The van der Waals surface area contributed by atoms with Crippen LogP contribution in [0.5, 0.6) is 0 Å². The molecule has 9 heteroatoms. The first-order chi connectivity index (χ1) is 13.9. The molecule has 0 saturated carbocycles. The van der Waals surface area contributed by atoms with Crippen molar-refractivity contribution >= 4 is 33.7 Å². The maximum Gasteiger partial charge on any atom is 0.255 e. The van der Waals surface area contributed by atoms with Crippen molar-refractivity contribution in [3.8, 4) is 0 Å². The maximum atomic E-state index is 13.0. The van der Waals surface area contributed by atoms with Crippen LogP contribution in [0.1, 0.15) is 11.3 Å². The number of hydrogen-bond acceptors (Lipinski definition) is 5. The molecule has 1 aromatic heterocycles. The summed E-state index contributed by atoms with van der Waals surface area (Å²) in [7, 11) is -3.91. The SMILES string of the molecule is O=C(CN(Cc1ccco1)S(=O)(=O)c1ccccc1)N/N=C\c1cccc(Cl)c1. The number of hydrogen-bond donors (Lipinski definition) is 1. The lowest BCUT2D eigenvalue weighted by Crippen LogP contribution is -2.38. The van der Waals surface area contributed by atoms with E-state index in [1.807, 2.05) is 0 Å². The molecular formula is C20H18ClN3O4S. The van der Waals surface area contributed by atoms with Gasteiger partial charge in [0.15, 0.2) is 0 Å². The number of sulfonamides is 1. The van der Waals surface area contributed by atoms with Gasteiger partial charge in [-0.25, -0.2) is 13.8 Å². The average Bonchev–Trinajstić information content (AvgIpc) is 3.21. The van der Waals surface area contributed by atoms with Crippen molar-refractivity contribution in [1.82, 2.24) is 9.73 Å². The minimum absolute atomic E-state index is 0.0850. The first-order valence-electron chi connectivity index (χ1n) is 8.60. The smallest absolute Gasteiger partial charge is 0.255 e. The quantitative estimate of drug-likeness (QED) is 0.437. The van der Waals surface area contributed by atoms with Crippen LogP contribution < -0.4 is 5.43 Å². The molecule has 0 saturated heterocycles. The zero-order chi connectivity index (χ0) is 20.7. The summed E-state index contributed by atoms with van der Waals surface area (Å²) >= 11 is 5.90. The molecule has 1 heterocycles. The second kappa shape index (κ2) is 9.51. The molecule has 0 aliphatic rings. The number of furan rings is 1. The Morgan fingerprint density at radius 1 is 1.10 bits per heavy atom. The van der Waals surface area contributed by atoms with Gasteiger partial charge in [0.2, 0.25) is 10.0 Å². The molecular weight excluding hydrogens is 414 g/mol. The van der Waals surface area contributed by atoms with Gasteiger partial charge in [0.05, 0.1) is 30.5 Å². The highest BCUT2D eigenvalue weighted by Gasteiger charge is 2.27. The van der Waals surface area contributed by atoms with E-state index in [9.17, 15) is 13.2 Å². The first-order valence-corrected chi connectivity index (χ1v) is 10.4. The Bertz CT molecular complexity index is 1080. The molecule has 150 valence electrons. The Kier molecular flexibility index (Phi) is 6.82. The number of amides is 1. The van der Waals surface area contributed by atoms with Gasteiger partial charge >= 0.3 is 0 Å². The highest BCUT2D eigenvalue weighted by atomic mass is 35.5. The van der Waals surface area contributed by atoms with Gasteiger partial charge in [-0.3, -0.25) is 4.79 Å². The number of nitrogens with zero attached hydrogens (tertiary/aromatic N) is 2. The monoisotopic (exact) mass is 431 g/mol. The fourth-order valence-corrected chi connectivity index (χ4v) is 4.09. The van der Waals surface area contributed by atoms with E-state index < -0.39 is 22.5 Å². The number of carbonyl (C=O) groups is 1. The van der Waals surface area contributed by atoms with Crippen molar-refractivity contribution in [2.45, 2.75) is 11.4 Å². The summed E-state index contributed by atoms with van der Waals surface area (Å²) in [4.78, 5) is 12.4. The van der Waals surface area contributed by atoms with Crippen LogP contribution in [-0.4, -0.2) is 31.4 Å². The van der Waals surface area contributed by atoms with E-state index in [2.05, 4.69) is 10.5 Å². The van der Waals surface area contributed by atoms with E-state index in [0.717, 1.165) is 4.31 Å². The lowest BCUT2D eigenvalue weighted by Gasteiger charge is -2.20. The van der Waals surface area contributed by atoms with E-state index in [0.29, 0.717) is 16.3 Å². The summed E-state index contributed by atoms with van der Waals surface area (Å²) in [6.07, 6.45) is 2.87. The predicted molar refractivity (Wildman–Crippen MR) is 110 cm³/mol. The molecule has 29 heavy (non-hydrogen) atoms. The average molecular weight is 432 g/mol. The van der Waals surface area contributed by atoms with Gasteiger partial charge in [-0.1, -0.05) is 41.9 Å². The molecule has 0 spiro atoms. The third kappa shape index (κ3) is 5.77. The summed E-state index contributed by atoms with van der Waals surface area (Å²) in [6, 6.07) is 18.1. The number of benzene rings is 2. The van der Waals surface area contributed by atoms with Crippen molar-refractivity contribution in [3.05, 3.63) is 89.3 Å². The highest BCUT2D eigenvalue weighted by Crippen LogP contribution is 2.18. The molecule has 2 aromatic carbocycles. The summed E-state index contributed by atoms with van der Waals surface area (Å²) in [5, 5.41) is 4.40. The van der Waals surface area contributed by atoms with E-state index in [1.165, 1.54) is 24.6 Å². The van der Waals surface area contributed by atoms with Crippen molar-refractivity contribution in [3.63, 3.8) is 0 Å². The second-order valence-corrected chi connectivity index (χ2v) is 8.39. The third-order valence-electron chi connectivity index (χ3n) is 3.86. The fraction of sp³-hybridized carbons (Fsp3) is 0.100. The van der Waals surface area contributed by atoms with Crippen LogP contribution in [-0.2, 0) is 21.4 Å². The topological polar surface area (TPSA) is 92.0 Å². The van der Waals surface area contributed by atoms with Crippen LogP contribution in [0.3, 0.4) is 0 Å². The molecule has 0 fully saturated rings. The van der Waals surface area contributed by atoms with E-state index >= 15 is 0 Å². The lowest BCUT2D eigenvalue weighted by molar-refractivity contribution is -0.121. The maximum absolute atomic E-state index is 13.0. The Morgan fingerprint density at radius 3 is 2.59 bits per heavy atom. The van der Waals surface area contributed by atoms with Crippen LogP contribution in [0.15, 0.2) is 87.4 Å². The minimum Gasteiger partial charge on any atom is -0.468 e. The highest BCUT2D eigenvalue weighted by molar-refractivity contribution is 7.89. The van der Waals surface area contributed by atoms with Gasteiger partial charge in [-0.05, 0) is 42.0 Å². The van der Waals surface area contributed by atoms with Crippen LogP contribution in [0, 0.1) is 0 Å². The summed E-state index contributed by atoms with van der Waals surface area (Å²) in [6.45, 7) is -0.513. The lowest BCUT2D eigenvalue weighted by atomic mass is 10.2. The Hall–Kier alpha value is -2.94. The molecule has 0 atom stereocenters. The zero-order valence-electron chi connectivity index (χ0n) is 15.2. The van der Waals surface area contributed by atoms with Gasteiger partial charge < -0.3 is 4.42 Å². The Morgan fingerprint density at radius 2 is 1.90 bits per heavy atom. The molecule has 0 radical (unpaired) electrons. The summed E-state index contributed by atoms with van der Waals surface area (Å²) in [5.41, 5.74) is 3.03. The van der Waals surface area contributed by atoms with Crippen molar-refractivity contribution in [1.29, 1.82) is 0 Å². The van der Waals surface area contributed by atoms with Crippen molar-refractivity contribution < 1.29 is 17.6 Å². The van der Waals surface area contributed by atoms with Gasteiger partial charge in [0.1, 0.15) is 5.76 Å². The molecule has 0 bridgehead atoms. The van der Waals surface area contributed by atoms with Crippen LogP contribution in [0.4, 0.5) is 0 Å². The number of rotatable bonds is 8. The number of hydrazone groups is 1. The minimum atomic E-state index is -3.91. The largest absolute Gasteiger partial charge is 0.468 e. The normalized spacial score (nSPS) is 11.8. The van der Waals surface area contributed by atoms with Gasteiger partial charge in [0.25, 0.3) is 5.91 Å². The number of nitrogens with one attached hydrogen (secondary N) is 1. The van der Waals surface area contributed by atoms with Gasteiger partial charge in [0, 0.05) is 5.02 Å². The molecule has 1 amide bonds. The Labute approximate surface area is 173 Å². The van der Waals surface area contributed by atoms with Gasteiger partial charge in [-0.2, -0.15) is 9.41 Å². The number of halogens is 1. The van der Waals surface area contributed by atoms with Crippen molar-refractivity contribution in [2.24, 2.45) is 5.10 Å². The molecule has 3 rings (SSSR count). The second-order valence-electron chi connectivity index (χ2n) is 6.01. The zero-order valence-corrected chi connectivity index (χ0v) is 16.8. The predicted octanol–water partition coefficient (Wildman–Crippen LogP) is 3.27. The van der Waals surface area contributed by atoms with Crippen LogP contribution in [0.2, 0.25) is 5.02 Å². The Balaban J connectivity index is 1.73. The molecule has 7 nitrogen and oxygen atoms in total. The molecule has 0 aliphatic heterocycles. The van der Waals surface area contributed by atoms with Gasteiger partial charge in [-0.15, -0.1) is 0 Å². The standard InChI is InChI=1S/C20H18ClN3O4S/c21-17-7-4-6-16(12-17)13-22-23-20(25)15-24(14-18-8-5-11-28-18)29(26,27)19-9-2-1-3-10-19/h1-13H,14-15H2,(H,23,25)/b22-13-. The third-order valence-corrected chi connectivity index (χ3v) is 5.91. The van der Waals surface area contributed by atoms with E-state index in [4.69, 9.17) is 16.0 Å². The van der Waals surface area contributed by atoms with Crippen LogP contribution >= 0.6 is 11.6 Å². The first kappa shape index (κ1) is 20.8. The molecule has 0 unspecified atom stereocenters. The fourth-order valence-electron chi connectivity index (χ4n) is 2.50. The summed E-state index contributed by atoms with van der Waals surface area (Å²) < 4.78 is 32.2. The number of carbonyl (C=O) groups excluding carboxylic acids is 1. The molecule has 0 aliphatic carbocycles. The molecule has 1 N–H and O–H groups in total.